The van der Waals surface area contributed by atoms with E-state index in [-0.39, 0.29) is 23.7 Å². The maximum absolute atomic E-state index is 13.1. The summed E-state index contributed by atoms with van der Waals surface area (Å²) < 4.78 is 13.1. The Morgan fingerprint density at radius 3 is 3.00 bits per heavy atom. The summed E-state index contributed by atoms with van der Waals surface area (Å²) in [7, 11) is 0. The van der Waals surface area contributed by atoms with Crippen LogP contribution in [0.4, 0.5) is 4.39 Å². The minimum absolute atomic E-state index is 0.0739. The van der Waals surface area contributed by atoms with Gasteiger partial charge in [-0.05, 0) is 36.5 Å². The lowest BCUT2D eigenvalue weighted by atomic mass is 9.76. The maximum atomic E-state index is 13.1. The van der Waals surface area contributed by atoms with Gasteiger partial charge in [-0.2, -0.15) is 0 Å². The molecule has 0 heterocycles. The van der Waals surface area contributed by atoms with E-state index in [0.717, 1.165) is 19.3 Å². The van der Waals surface area contributed by atoms with Crippen LogP contribution in [0.3, 0.4) is 0 Å². The number of hydrogen-bond donors (Lipinski definition) is 2. The Kier molecular flexibility index (Phi) is 4.76. The summed E-state index contributed by atoms with van der Waals surface area (Å²) in [4.78, 5) is 12.2. The fourth-order valence-corrected chi connectivity index (χ4v) is 3.18. The van der Waals surface area contributed by atoms with Crippen molar-refractivity contribution in [1.82, 2.24) is 5.32 Å². The normalized spacial score (nSPS) is 26.2. The molecule has 2 atom stereocenters. The summed E-state index contributed by atoms with van der Waals surface area (Å²) in [5.41, 5.74) is 6.31. The minimum Gasteiger partial charge on any atom is -0.349 e. The molecule has 2 unspecified atom stereocenters. The van der Waals surface area contributed by atoms with Gasteiger partial charge in [-0.25, -0.2) is 4.39 Å². The summed E-state index contributed by atoms with van der Waals surface area (Å²) in [6, 6.07) is 6.17. The second-order valence-electron chi connectivity index (χ2n) is 6.04. The van der Waals surface area contributed by atoms with Gasteiger partial charge in [-0.15, -0.1) is 0 Å². The second-order valence-corrected chi connectivity index (χ2v) is 6.04. The summed E-state index contributed by atoms with van der Waals surface area (Å²) >= 11 is 0. The molecule has 1 aliphatic carbocycles. The van der Waals surface area contributed by atoms with Gasteiger partial charge in [0, 0.05) is 6.54 Å². The Balaban J connectivity index is 1.99. The van der Waals surface area contributed by atoms with Crippen molar-refractivity contribution in [2.24, 2.45) is 11.7 Å². The molecular weight excluding hydrogens is 255 g/mol. The van der Waals surface area contributed by atoms with Gasteiger partial charge in [-0.1, -0.05) is 31.9 Å². The summed E-state index contributed by atoms with van der Waals surface area (Å²) in [5, 5.41) is 3.09. The molecule has 4 heteroatoms. The first kappa shape index (κ1) is 15.0. The highest BCUT2D eigenvalue weighted by Crippen LogP contribution is 2.31. The van der Waals surface area contributed by atoms with Crippen molar-refractivity contribution in [3.8, 4) is 0 Å². The third-order valence-corrected chi connectivity index (χ3v) is 4.14. The van der Waals surface area contributed by atoms with Gasteiger partial charge >= 0.3 is 0 Å². The van der Waals surface area contributed by atoms with E-state index in [2.05, 4.69) is 12.2 Å². The van der Waals surface area contributed by atoms with E-state index in [1.54, 1.807) is 12.1 Å². The molecule has 0 saturated heterocycles. The minimum atomic E-state index is -0.310. The highest BCUT2D eigenvalue weighted by Gasteiger charge is 2.34. The van der Waals surface area contributed by atoms with E-state index in [0.29, 0.717) is 18.0 Å². The molecule has 110 valence electrons. The summed E-state index contributed by atoms with van der Waals surface area (Å²) in [5.74, 6) is 0.201. The van der Waals surface area contributed by atoms with Crippen LogP contribution in [0.25, 0.3) is 0 Å². The van der Waals surface area contributed by atoms with Crippen LogP contribution >= 0.6 is 0 Å². The van der Waals surface area contributed by atoms with Crippen molar-refractivity contribution >= 4 is 5.91 Å². The predicted octanol–water partition coefficient (Wildman–Crippen LogP) is 2.39. The van der Waals surface area contributed by atoms with E-state index >= 15 is 0 Å². The molecule has 2 rings (SSSR count). The molecule has 1 aromatic rings. The van der Waals surface area contributed by atoms with Crippen LogP contribution in [0, 0.1) is 11.7 Å². The molecule has 3 nitrogen and oxygen atoms in total. The van der Waals surface area contributed by atoms with Gasteiger partial charge in [0.2, 0.25) is 5.91 Å². The quantitative estimate of drug-likeness (QED) is 0.888. The molecular formula is C16H23FN2O. The molecule has 3 N–H and O–H groups in total. The van der Waals surface area contributed by atoms with Crippen molar-refractivity contribution in [3.05, 3.63) is 35.6 Å². The Bertz CT molecular complexity index is 477. The first-order valence-electron chi connectivity index (χ1n) is 7.28. The van der Waals surface area contributed by atoms with Crippen LogP contribution in [0.1, 0.15) is 38.2 Å². The molecule has 1 amide bonds. The number of nitrogens with one attached hydrogen (secondary N) is 1. The summed E-state index contributed by atoms with van der Waals surface area (Å²) in [6.07, 6.45) is 4.36. The zero-order valence-electron chi connectivity index (χ0n) is 12.0. The molecule has 0 aliphatic heterocycles. The molecule has 0 radical (unpaired) electrons. The third-order valence-electron chi connectivity index (χ3n) is 4.14. The first-order valence-corrected chi connectivity index (χ1v) is 7.28. The van der Waals surface area contributed by atoms with Crippen molar-refractivity contribution in [3.63, 3.8) is 0 Å². The van der Waals surface area contributed by atoms with Gasteiger partial charge in [0.25, 0.3) is 0 Å². The Morgan fingerprint density at radius 2 is 2.35 bits per heavy atom. The average Bonchev–Trinajstić information content (AvgIpc) is 2.38. The van der Waals surface area contributed by atoms with Crippen molar-refractivity contribution < 1.29 is 9.18 Å². The number of halogens is 1. The molecule has 20 heavy (non-hydrogen) atoms. The van der Waals surface area contributed by atoms with E-state index in [1.807, 2.05) is 0 Å². The second kappa shape index (κ2) is 6.35. The number of benzene rings is 1. The Hall–Kier alpha value is -1.42. The zero-order chi connectivity index (χ0) is 14.6. The van der Waals surface area contributed by atoms with Gasteiger partial charge in [0.15, 0.2) is 0 Å². The lowest BCUT2D eigenvalue weighted by molar-refractivity contribution is -0.122. The lowest BCUT2D eigenvalue weighted by Crippen LogP contribution is -2.56. The summed E-state index contributed by atoms with van der Waals surface area (Å²) in [6.45, 7) is 2.66. The van der Waals surface area contributed by atoms with Gasteiger partial charge in [0.1, 0.15) is 5.82 Å². The number of amides is 1. The van der Waals surface area contributed by atoms with E-state index in [4.69, 9.17) is 5.73 Å². The van der Waals surface area contributed by atoms with Crippen LogP contribution < -0.4 is 11.1 Å². The van der Waals surface area contributed by atoms with E-state index in [1.165, 1.54) is 18.6 Å². The van der Waals surface area contributed by atoms with Crippen molar-refractivity contribution in [2.75, 3.05) is 6.54 Å². The molecule has 1 aromatic carbocycles. The van der Waals surface area contributed by atoms with Crippen molar-refractivity contribution in [2.45, 2.75) is 44.6 Å². The van der Waals surface area contributed by atoms with Crippen LogP contribution in [-0.2, 0) is 11.2 Å². The highest BCUT2D eigenvalue weighted by molar-refractivity contribution is 5.79. The van der Waals surface area contributed by atoms with E-state index < -0.39 is 0 Å². The highest BCUT2D eigenvalue weighted by atomic mass is 19.1. The SMILES string of the molecule is CC1CCCC(CN)(NC(=O)Cc2cccc(F)c2)C1. The fraction of sp³-hybridized carbons (Fsp3) is 0.562. The molecule has 0 bridgehead atoms. The molecule has 0 aromatic heterocycles. The average molecular weight is 278 g/mol. The number of carbonyl (C=O) groups excluding carboxylic acids is 1. The largest absolute Gasteiger partial charge is 0.349 e. The fourth-order valence-electron chi connectivity index (χ4n) is 3.18. The molecule has 1 aliphatic rings. The van der Waals surface area contributed by atoms with Gasteiger partial charge < -0.3 is 11.1 Å². The predicted molar refractivity (Wildman–Crippen MR) is 77.7 cm³/mol. The van der Waals surface area contributed by atoms with Gasteiger partial charge in [0.05, 0.1) is 12.0 Å². The van der Waals surface area contributed by atoms with Gasteiger partial charge in [-0.3, -0.25) is 4.79 Å². The van der Waals surface area contributed by atoms with E-state index in [9.17, 15) is 9.18 Å². The smallest absolute Gasteiger partial charge is 0.224 e. The number of carbonyl (C=O) groups is 1. The topological polar surface area (TPSA) is 55.1 Å². The first-order chi connectivity index (χ1) is 9.53. The van der Waals surface area contributed by atoms with Crippen LogP contribution in [0.5, 0.6) is 0 Å². The number of hydrogen-bond acceptors (Lipinski definition) is 2. The zero-order valence-corrected chi connectivity index (χ0v) is 12.0. The monoisotopic (exact) mass is 278 g/mol. The lowest BCUT2D eigenvalue weighted by Gasteiger charge is -2.40. The van der Waals surface area contributed by atoms with Crippen molar-refractivity contribution in [1.29, 1.82) is 0 Å². The molecule has 1 saturated carbocycles. The number of nitrogens with two attached hydrogens (primary N) is 1. The third kappa shape index (κ3) is 3.79. The van der Waals surface area contributed by atoms with Crippen LogP contribution in [-0.4, -0.2) is 18.0 Å². The standard InChI is InChI=1S/C16H23FN2O/c1-12-4-3-7-16(10-12,11-18)19-15(20)9-13-5-2-6-14(17)8-13/h2,5-6,8,12H,3-4,7,9-11,18H2,1H3,(H,19,20). The maximum Gasteiger partial charge on any atom is 0.224 e. The Labute approximate surface area is 119 Å². The van der Waals surface area contributed by atoms with Crippen LogP contribution in [0.15, 0.2) is 24.3 Å². The molecule has 0 spiro atoms. The van der Waals surface area contributed by atoms with Crippen LogP contribution in [0.2, 0.25) is 0 Å². The number of rotatable bonds is 4. The molecule has 1 fully saturated rings. The Morgan fingerprint density at radius 1 is 1.55 bits per heavy atom.